The molecule has 1 aromatic heterocycles. The maximum absolute atomic E-state index is 13.2. The molecule has 0 bridgehead atoms. The van der Waals surface area contributed by atoms with Gasteiger partial charge in [-0.15, -0.1) is 0 Å². The number of fused-ring (bicyclic) bond motifs is 1. The molecule has 0 saturated heterocycles. The molecule has 0 radical (unpaired) electrons. The third-order valence-corrected chi connectivity index (χ3v) is 4.51. The number of hydrogen-bond acceptors (Lipinski definition) is 5. The van der Waals surface area contributed by atoms with Crippen LogP contribution in [0, 0.1) is 0 Å². The molecule has 1 heterocycles. The van der Waals surface area contributed by atoms with Crippen molar-refractivity contribution in [3.05, 3.63) is 53.2 Å². The Bertz CT molecular complexity index is 1070. The average molecular weight is 408 g/mol. The molecule has 29 heavy (non-hydrogen) atoms. The number of hydrogen-bond donors (Lipinski definition) is 2. The Morgan fingerprint density at radius 1 is 1.24 bits per heavy atom. The standard InChI is InChI=1S/C20H19F3N2O4/c1-3-28-19(27)18-11-8-16(26)13(24)9-14(11)25(2)15(18)10-29-17-7-5-4-6-12(17)20(21,22)23/h4-9,26H,3,10,24H2,1-2H3. The molecule has 0 unspecified atom stereocenters. The molecule has 0 spiro atoms. The summed E-state index contributed by atoms with van der Waals surface area (Å²) in [5.41, 5.74) is 5.83. The molecule has 3 rings (SSSR count). The van der Waals surface area contributed by atoms with Crippen molar-refractivity contribution in [1.82, 2.24) is 4.57 Å². The first-order valence-electron chi connectivity index (χ1n) is 8.71. The van der Waals surface area contributed by atoms with Gasteiger partial charge >= 0.3 is 12.1 Å². The van der Waals surface area contributed by atoms with E-state index in [4.69, 9.17) is 15.2 Å². The summed E-state index contributed by atoms with van der Waals surface area (Å²) in [4.78, 5) is 12.5. The highest BCUT2D eigenvalue weighted by atomic mass is 19.4. The number of carbonyl (C=O) groups is 1. The Morgan fingerprint density at radius 3 is 2.59 bits per heavy atom. The molecule has 2 aromatic carbocycles. The fourth-order valence-corrected chi connectivity index (χ4v) is 3.11. The van der Waals surface area contributed by atoms with E-state index >= 15 is 0 Å². The number of phenols is 1. The number of carbonyl (C=O) groups excluding carboxylic acids is 1. The highest BCUT2D eigenvalue weighted by Gasteiger charge is 2.34. The van der Waals surface area contributed by atoms with Gasteiger partial charge in [0.1, 0.15) is 18.1 Å². The number of aromatic hydroxyl groups is 1. The van der Waals surface area contributed by atoms with Gasteiger partial charge in [0.15, 0.2) is 0 Å². The lowest BCUT2D eigenvalue weighted by Gasteiger charge is -2.15. The molecule has 3 N–H and O–H groups in total. The monoisotopic (exact) mass is 408 g/mol. The number of nitrogens with zero attached hydrogens (tertiary/aromatic N) is 1. The van der Waals surface area contributed by atoms with E-state index in [1.54, 1.807) is 18.5 Å². The van der Waals surface area contributed by atoms with Gasteiger partial charge in [0.05, 0.1) is 34.6 Å². The van der Waals surface area contributed by atoms with Gasteiger partial charge in [-0.05, 0) is 31.2 Å². The Hall–Kier alpha value is -3.36. The average Bonchev–Trinajstić information content (AvgIpc) is 2.91. The number of halogens is 3. The maximum Gasteiger partial charge on any atom is 0.419 e. The fraction of sp³-hybridized carbons (Fsp3) is 0.250. The van der Waals surface area contributed by atoms with E-state index in [0.717, 1.165) is 6.07 Å². The number of esters is 1. The van der Waals surface area contributed by atoms with E-state index in [9.17, 15) is 23.1 Å². The molecule has 0 aliphatic heterocycles. The highest BCUT2D eigenvalue weighted by molar-refractivity contribution is 6.07. The first-order chi connectivity index (χ1) is 13.6. The third-order valence-electron chi connectivity index (χ3n) is 4.51. The lowest BCUT2D eigenvalue weighted by molar-refractivity contribution is -0.139. The highest BCUT2D eigenvalue weighted by Crippen LogP contribution is 2.37. The smallest absolute Gasteiger partial charge is 0.419 e. The molecule has 0 fully saturated rings. The summed E-state index contributed by atoms with van der Waals surface area (Å²) in [6.07, 6.45) is -4.58. The minimum Gasteiger partial charge on any atom is -0.506 e. The van der Waals surface area contributed by atoms with Gasteiger partial charge in [-0.25, -0.2) is 4.79 Å². The summed E-state index contributed by atoms with van der Waals surface area (Å²) in [5.74, 6) is -1.25. The zero-order chi connectivity index (χ0) is 21.3. The van der Waals surface area contributed by atoms with Gasteiger partial charge in [0.2, 0.25) is 0 Å². The SMILES string of the molecule is CCOC(=O)c1c(COc2ccccc2C(F)(F)F)n(C)c2cc(N)c(O)cc12. The molecule has 0 aliphatic carbocycles. The fourth-order valence-electron chi connectivity index (χ4n) is 3.11. The number of benzene rings is 2. The minimum atomic E-state index is -4.58. The maximum atomic E-state index is 13.2. The van der Waals surface area contributed by atoms with Crippen LogP contribution in [0.4, 0.5) is 18.9 Å². The molecule has 0 amide bonds. The summed E-state index contributed by atoms with van der Waals surface area (Å²) in [6.45, 7) is 1.41. The zero-order valence-corrected chi connectivity index (χ0v) is 15.7. The van der Waals surface area contributed by atoms with Crippen molar-refractivity contribution in [2.75, 3.05) is 12.3 Å². The summed E-state index contributed by atoms with van der Waals surface area (Å²) in [7, 11) is 1.62. The van der Waals surface area contributed by atoms with E-state index in [0.29, 0.717) is 16.6 Å². The van der Waals surface area contributed by atoms with Gasteiger partial charge in [-0.3, -0.25) is 0 Å². The van der Waals surface area contributed by atoms with Crippen molar-refractivity contribution in [1.29, 1.82) is 0 Å². The van der Waals surface area contributed by atoms with Crippen LogP contribution in [0.1, 0.15) is 28.5 Å². The second-order valence-electron chi connectivity index (χ2n) is 6.31. The van der Waals surface area contributed by atoms with E-state index in [1.807, 2.05) is 0 Å². The second kappa shape index (κ2) is 7.57. The zero-order valence-electron chi connectivity index (χ0n) is 15.7. The number of rotatable bonds is 5. The van der Waals surface area contributed by atoms with Crippen LogP contribution in [-0.2, 0) is 24.6 Å². The van der Waals surface area contributed by atoms with Crippen LogP contribution in [0.5, 0.6) is 11.5 Å². The molecule has 3 aromatic rings. The Balaban J connectivity index is 2.09. The molecule has 6 nitrogen and oxygen atoms in total. The lowest BCUT2D eigenvalue weighted by Crippen LogP contribution is -2.13. The predicted molar refractivity (Wildman–Crippen MR) is 101 cm³/mol. The Labute approximate surface area is 164 Å². The summed E-state index contributed by atoms with van der Waals surface area (Å²) < 4.78 is 51.8. The van der Waals surface area contributed by atoms with E-state index < -0.39 is 17.7 Å². The molecule has 0 atom stereocenters. The van der Waals surface area contributed by atoms with Gasteiger partial charge < -0.3 is 24.9 Å². The Kier molecular flexibility index (Phi) is 5.32. The van der Waals surface area contributed by atoms with Crippen molar-refractivity contribution < 1.29 is 32.5 Å². The number of para-hydroxylation sites is 1. The third kappa shape index (κ3) is 3.80. The summed E-state index contributed by atoms with van der Waals surface area (Å²) in [6, 6.07) is 7.62. The number of phenolic OH excluding ortho intramolecular Hbond substituents is 1. The molecule has 154 valence electrons. The minimum absolute atomic E-state index is 0.100. The number of aromatic nitrogens is 1. The Morgan fingerprint density at radius 2 is 1.93 bits per heavy atom. The molecular weight excluding hydrogens is 389 g/mol. The van der Waals surface area contributed by atoms with Crippen molar-refractivity contribution in [3.8, 4) is 11.5 Å². The topological polar surface area (TPSA) is 86.7 Å². The van der Waals surface area contributed by atoms with E-state index in [2.05, 4.69) is 0 Å². The second-order valence-corrected chi connectivity index (χ2v) is 6.31. The van der Waals surface area contributed by atoms with Gasteiger partial charge in [0.25, 0.3) is 0 Å². The van der Waals surface area contributed by atoms with Crippen molar-refractivity contribution in [2.45, 2.75) is 19.7 Å². The molecule has 9 heteroatoms. The van der Waals surface area contributed by atoms with E-state index in [1.165, 1.54) is 30.3 Å². The van der Waals surface area contributed by atoms with Crippen LogP contribution in [0.3, 0.4) is 0 Å². The molecular formula is C20H19F3N2O4. The summed E-state index contributed by atoms with van der Waals surface area (Å²) >= 11 is 0. The predicted octanol–water partition coefficient (Wildman–Crippen LogP) is 4.24. The molecule has 0 saturated carbocycles. The molecule has 0 aliphatic rings. The summed E-state index contributed by atoms with van der Waals surface area (Å²) in [5, 5.41) is 10.3. The van der Waals surface area contributed by atoms with Gasteiger partial charge in [0, 0.05) is 12.4 Å². The number of aryl methyl sites for hydroxylation is 1. The van der Waals surface area contributed by atoms with E-state index in [-0.39, 0.29) is 36.0 Å². The van der Waals surface area contributed by atoms with Crippen LogP contribution < -0.4 is 10.5 Å². The van der Waals surface area contributed by atoms with Crippen LogP contribution in [0.25, 0.3) is 10.9 Å². The normalized spacial score (nSPS) is 11.6. The number of alkyl halides is 3. The number of nitrogen functional groups attached to an aromatic ring is 1. The quantitative estimate of drug-likeness (QED) is 0.375. The number of anilines is 1. The van der Waals surface area contributed by atoms with Gasteiger partial charge in [-0.2, -0.15) is 13.2 Å². The van der Waals surface area contributed by atoms with Crippen LogP contribution in [-0.4, -0.2) is 22.2 Å². The lowest BCUT2D eigenvalue weighted by atomic mass is 10.1. The van der Waals surface area contributed by atoms with Gasteiger partial charge in [-0.1, -0.05) is 12.1 Å². The van der Waals surface area contributed by atoms with Crippen LogP contribution >= 0.6 is 0 Å². The first-order valence-corrected chi connectivity index (χ1v) is 8.71. The largest absolute Gasteiger partial charge is 0.506 e. The van der Waals surface area contributed by atoms with Crippen LogP contribution in [0.2, 0.25) is 0 Å². The van der Waals surface area contributed by atoms with Crippen molar-refractivity contribution >= 4 is 22.6 Å². The van der Waals surface area contributed by atoms with Crippen LogP contribution in [0.15, 0.2) is 36.4 Å². The number of nitrogens with two attached hydrogens (primary N) is 1. The first kappa shape index (κ1) is 20.4. The van der Waals surface area contributed by atoms with Crippen molar-refractivity contribution in [3.63, 3.8) is 0 Å². The number of ether oxygens (including phenoxy) is 2. The van der Waals surface area contributed by atoms with Crippen molar-refractivity contribution in [2.24, 2.45) is 7.05 Å².